The highest BCUT2D eigenvalue weighted by Gasteiger charge is 2.15. The zero-order chi connectivity index (χ0) is 30.8. The van der Waals surface area contributed by atoms with Gasteiger partial charge in [0, 0.05) is 22.3 Å². The van der Waals surface area contributed by atoms with Crippen LogP contribution in [0.5, 0.6) is 23.0 Å². The summed E-state index contributed by atoms with van der Waals surface area (Å²) in [4.78, 5) is 23.5. The highest BCUT2D eigenvalue weighted by Crippen LogP contribution is 2.38. The summed E-state index contributed by atoms with van der Waals surface area (Å²) in [6, 6.07) is 15.0. The third kappa shape index (κ3) is 9.09. The van der Waals surface area contributed by atoms with Crippen molar-refractivity contribution in [2.24, 2.45) is 0 Å². The van der Waals surface area contributed by atoms with E-state index in [0.717, 1.165) is 0 Å². The second-order valence-electron chi connectivity index (χ2n) is 8.70. The van der Waals surface area contributed by atoms with Crippen LogP contribution in [0.3, 0.4) is 0 Å². The van der Waals surface area contributed by atoms with E-state index >= 15 is 0 Å². The van der Waals surface area contributed by atoms with E-state index in [1.165, 1.54) is 56.3 Å². The Morgan fingerprint density at radius 2 is 1.14 bits per heavy atom. The fraction of sp³-hybridized carbons (Fsp3) is 0.0625. The van der Waals surface area contributed by atoms with Gasteiger partial charge >= 0.3 is 24.1 Å². The van der Waals surface area contributed by atoms with Crippen LogP contribution in [0.2, 0.25) is 0 Å². The molecule has 0 saturated heterocycles. The maximum atomic E-state index is 12.9. The number of halogens is 4. The molecule has 0 bridgehead atoms. The van der Waals surface area contributed by atoms with Crippen molar-refractivity contribution in [2.75, 3.05) is 0 Å². The Hall–Kier alpha value is -5.38. The Morgan fingerprint density at radius 1 is 0.667 bits per heavy atom. The summed E-state index contributed by atoms with van der Waals surface area (Å²) >= 11 is 0. The zero-order valence-corrected chi connectivity index (χ0v) is 22.5. The molecule has 0 saturated carbocycles. The summed E-state index contributed by atoms with van der Waals surface area (Å²) in [5, 5.41) is 0. The normalized spacial score (nSPS) is 10.4. The minimum Gasteiger partial charge on any atom is -0.459 e. The third-order valence-corrected chi connectivity index (χ3v) is 5.28. The van der Waals surface area contributed by atoms with Crippen LogP contribution < -0.4 is 18.9 Å². The van der Waals surface area contributed by atoms with E-state index in [4.69, 9.17) is 18.9 Å². The van der Waals surface area contributed by atoms with Crippen LogP contribution in [-0.2, 0) is 9.59 Å². The van der Waals surface area contributed by atoms with Crippen LogP contribution in [0.25, 0.3) is 23.3 Å². The Kier molecular flexibility index (Phi) is 10.6. The second-order valence-corrected chi connectivity index (χ2v) is 8.70. The van der Waals surface area contributed by atoms with Crippen LogP contribution in [0, 0.1) is 0 Å². The number of esters is 2. The molecule has 3 aromatic rings. The smallest absolute Gasteiger partial charge is 0.338 e. The van der Waals surface area contributed by atoms with Crippen molar-refractivity contribution in [3.8, 4) is 34.1 Å². The molecule has 0 heterocycles. The molecule has 0 radical (unpaired) electrons. The molecular weight excluding hydrogens is 556 g/mol. The predicted molar refractivity (Wildman–Crippen MR) is 150 cm³/mol. The molecule has 0 aliphatic rings. The lowest BCUT2D eigenvalue weighted by Crippen LogP contribution is -2.07. The van der Waals surface area contributed by atoms with Gasteiger partial charge in [-0.25, -0.2) is 9.59 Å². The van der Waals surface area contributed by atoms with Crippen LogP contribution in [0.15, 0.2) is 110 Å². The first-order valence-electron chi connectivity index (χ1n) is 12.1. The van der Waals surface area contributed by atoms with E-state index in [1.54, 1.807) is 30.3 Å². The molecule has 0 aliphatic carbocycles. The quantitative estimate of drug-likeness (QED) is 0.0564. The molecular formula is C32H24F4O6. The fourth-order valence-corrected chi connectivity index (χ4v) is 3.27. The van der Waals surface area contributed by atoms with Crippen molar-refractivity contribution in [3.63, 3.8) is 0 Å². The van der Waals surface area contributed by atoms with E-state index in [-0.39, 0.29) is 57.8 Å². The Balaban J connectivity index is 2.02. The lowest BCUT2D eigenvalue weighted by molar-refractivity contribution is -0.130. The number of carbonyl (C=O) groups excluding carboxylic acids is 2. The summed E-state index contributed by atoms with van der Waals surface area (Å²) in [6.45, 7) is 10.0. The number of ether oxygens (including phenoxy) is 4. The molecule has 0 aliphatic heterocycles. The van der Waals surface area contributed by atoms with Crippen LogP contribution in [0.1, 0.15) is 25.0 Å². The molecule has 3 rings (SSSR count). The van der Waals surface area contributed by atoms with Crippen molar-refractivity contribution in [1.82, 2.24) is 0 Å². The molecule has 42 heavy (non-hydrogen) atoms. The van der Waals surface area contributed by atoms with E-state index in [2.05, 4.69) is 13.2 Å². The minimum atomic E-state index is -2.10. The SMILES string of the molecule is C=C(C)C(=O)Oc1ccc(/C=C/c2cc(OC=C(F)F)c(-c3ccc(OC(=O)C(=C)C)cc3)cc2OC=C(F)F)cc1. The minimum absolute atomic E-state index is 0.0455. The van der Waals surface area contributed by atoms with Crippen LogP contribution in [0.4, 0.5) is 17.6 Å². The van der Waals surface area contributed by atoms with Crippen molar-refractivity contribution in [1.29, 1.82) is 0 Å². The molecule has 216 valence electrons. The highest BCUT2D eigenvalue weighted by molar-refractivity contribution is 5.89. The molecule has 3 aromatic carbocycles. The molecule has 0 aromatic heterocycles. The first-order valence-corrected chi connectivity index (χ1v) is 12.1. The van der Waals surface area contributed by atoms with Gasteiger partial charge in [-0.2, -0.15) is 17.6 Å². The average molecular weight is 581 g/mol. The van der Waals surface area contributed by atoms with Gasteiger partial charge in [-0.15, -0.1) is 0 Å². The lowest BCUT2D eigenvalue weighted by Gasteiger charge is -2.14. The monoisotopic (exact) mass is 580 g/mol. The molecule has 0 spiro atoms. The summed E-state index contributed by atoms with van der Waals surface area (Å²) in [6.07, 6.45) is -0.624. The standard InChI is InChI=1S/C32H24F4O6/c1-19(2)31(37)41-24-11-6-21(7-12-24)5-8-23-15-28(40-18-30(35)36)26(16-27(23)39-17-29(33)34)22-9-13-25(14-10-22)42-32(38)20(3)4/h5-18H,1,3H2,2,4H3/b8-5+. The first kappa shape index (κ1) is 31.2. The second kappa shape index (κ2) is 14.3. The summed E-state index contributed by atoms with van der Waals surface area (Å²) in [7, 11) is 0. The Labute approximate surface area is 239 Å². The summed E-state index contributed by atoms with van der Waals surface area (Å²) < 4.78 is 72.4. The van der Waals surface area contributed by atoms with Gasteiger partial charge < -0.3 is 18.9 Å². The van der Waals surface area contributed by atoms with E-state index in [9.17, 15) is 27.2 Å². The van der Waals surface area contributed by atoms with Crippen LogP contribution in [-0.4, -0.2) is 11.9 Å². The fourth-order valence-electron chi connectivity index (χ4n) is 3.27. The number of carbonyl (C=O) groups is 2. The number of hydrogen-bond donors (Lipinski definition) is 0. The molecule has 0 N–H and O–H groups in total. The van der Waals surface area contributed by atoms with Gasteiger partial charge in [0.25, 0.3) is 0 Å². The molecule has 6 nitrogen and oxygen atoms in total. The van der Waals surface area contributed by atoms with E-state index in [1.807, 2.05) is 0 Å². The number of hydrogen-bond acceptors (Lipinski definition) is 6. The van der Waals surface area contributed by atoms with Crippen molar-refractivity contribution in [3.05, 3.63) is 121 Å². The van der Waals surface area contributed by atoms with Gasteiger partial charge in [0.2, 0.25) is 0 Å². The third-order valence-electron chi connectivity index (χ3n) is 5.28. The average Bonchev–Trinajstić information content (AvgIpc) is 2.95. The summed E-state index contributed by atoms with van der Waals surface area (Å²) in [5.74, 6) is -0.827. The summed E-state index contributed by atoms with van der Waals surface area (Å²) in [5.41, 5.74) is 1.89. The van der Waals surface area contributed by atoms with Crippen molar-refractivity contribution >= 4 is 24.1 Å². The predicted octanol–water partition coefficient (Wildman–Crippen LogP) is 8.72. The van der Waals surface area contributed by atoms with Gasteiger partial charge in [0.05, 0.1) is 0 Å². The van der Waals surface area contributed by atoms with Crippen LogP contribution >= 0.6 is 0 Å². The Morgan fingerprint density at radius 3 is 1.62 bits per heavy atom. The first-order chi connectivity index (χ1) is 19.9. The lowest BCUT2D eigenvalue weighted by atomic mass is 10.0. The van der Waals surface area contributed by atoms with E-state index < -0.39 is 24.1 Å². The molecule has 0 amide bonds. The molecule has 10 heteroatoms. The van der Waals surface area contributed by atoms with Gasteiger partial charge in [-0.3, -0.25) is 0 Å². The maximum Gasteiger partial charge on any atom is 0.338 e. The maximum absolute atomic E-state index is 12.9. The van der Waals surface area contributed by atoms with Gasteiger partial charge in [0.15, 0.2) is 12.5 Å². The van der Waals surface area contributed by atoms with Crippen molar-refractivity contribution < 1.29 is 46.1 Å². The van der Waals surface area contributed by atoms with Gasteiger partial charge in [0.1, 0.15) is 23.0 Å². The number of benzene rings is 3. The molecule has 0 unspecified atom stereocenters. The Bertz CT molecular complexity index is 1580. The van der Waals surface area contributed by atoms with Crippen molar-refractivity contribution in [2.45, 2.75) is 13.8 Å². The topological polar surface area (TPSA) is 71.1 Å². The molecule has 0 atom stereocenters. The number of rotatable bonds is 11. The largest absolute Gasteiger partial charge is 0.459 e. The van der Waals surface area contributed by atoms with Gasteiger partial charge in [-0.05, 0) is 61.4 Å². The van der Waals surface area contributed by atoms with E-state index in [0.29, 0.717) is 11.1 Å². The zero-order valence-electron chi connectivity index (χ0n) is 22.5. The highest BCUT2D eigenvalue weighted by atomic mass is 19.3. The molecule has 0 fully saturated rings. The van der Waals surface area contributed by atoms with Gasteiger partial charge in [-0.1, -0.05) is 49.6 Å².